The lowest BCUT2D eigenvalue weighted by Crippen LogP contribution is -2.25. The number of nitrogens with one attached hydrogen (secondary N) is 2. The number of nitrogen functional groups attached to an aromatic ring is 1. The number of amides is 1. The fraction of sp³-hybridized carbons (Fsp3) is 0.350. The Morgan fingerprint density at radius 1 is 1.19 bits per heavy atom. The Bertz CT molecular complexity index is 837. The number of carbonyl (C=O) groups excluding carboxylic acids is 1. The van der Waals surface area contributed by atoms with Crippen LogP contribution >= 0.6 is 0 Å². The summed E-state index contributed by atoms with van der Waals surface area (Å²) < 4.78 is 24.1. The Hall–Kier alpha value is -2.96. The van der Waals surface area contributed by atoms with Crippen molar-refractivity contribution in [2.24, 2.45) is 5.92 Å². The lowest BCUT2D eigenvalue weighted by Gasteiger charge is -2.17. The standard InChI is InChI=1S/C20H24FN3O3/c1-26-16-7-5-13(9-14(16)21)11-24-20(25)18-17(27-2)8-6-15(22)19(18)23-10-12-3-4-12/h5-9,12,23H,3-4,10-11,22H2,1-2H3,(H,24,25). The fourth-order valence-corrected chi connectivity index (χ4v) is 2.84. The van der Waals surface area contributed by atoms with Gasteiger partial charge in [-0.25, -0.2) is 4.39 Å². The first-order valence-electron chi connectivity index (χ1n) is 8.84. The van der Waals surface area contributed by atoms with Crippen LogP contribution in [-0.4, -0.2) is 26.7 Å². The quantitative estimate of drug-likeness (QED) is 0.619. The molecule has 1 fully saturated rings. The summed E-state index contributed by atoms with van der Waals surface area (Å²) >= 11 is 0. The predicted molar refractivity (Wildman–Crippen MR) is 103 cm³/mol. The monoisotopic (exact) mass is 373 g/mol. The van der Waals surface area contributed by atoms with E-state index in [4.69, 9.17) is 15.2 Å². The van der Waals surface area contributed by atoms with Gasteiger partial charge in [0.1, 0.15) is 11.3 Å². The molecular formula is C20H24FN3O3. The van der Waals surface area contributed by atoms with E-state index >= 15 is 0 Å². The average molecular weight is 373 g/mol. The van der Waals surface area contributed by atoms with Crippen molar-refractivity contribution in [1.82, 2.24) is 5.32 Å². The molecule has 0 atom stereocenters. The topological polar surface area (TPSA) is 85.6 Å². The number of anilines is 2. The third-order valence-corrected chi connectivity index (χ3v) is 4.58. The SMILES string of the molecule is COc1ccc(CNC(=O)c2c(OC)ccc(N)c2NCC2CC2)cc1F. The second kappa shape index (κ2) is 8.16. The average Bonchev–Trinajstić information content (AvgIpc) is 3.49. The molecule has 1 amide bonds. The summed E-state index contributed by atoms with van der Waals surface area (Å²) in [6, 6.07) is 7.94. The molecule has 1 saturated carbocycles. The Balaban J connectivity index is 1.78. The third-order valence-electron chi connectivity index (χ3n) is 4.58. The van der Waals surface area contributed by atoms with Gasteiger partial charge in [0.2, 0.25) is 0 Å². The molecule has 2 aromatic rings. The highest BCUT2D eigenvalue weighted by Gasteiger charge is 2.24. The third kappa shape index (κ3) is 4.42. The molecule has 0 unspecified atom stereocenters. The van der Waals surface area contributed by atoms with E-state index in [2.05, 4.69) is 10.6 Å². The molecule has 0 aromatic heterocycles. The van der Waals surface area contributed by atoms with Crippen LogP contribution in [0.1, 0.15) is 28.8 Å². The van der Waals surface area contributed by atoms with Gasteiger partial charge in [0.15, 0.2) is 11.6 Å². The number of hydrogen-bond donors (Lipinski definition) is 3. The van der Waals surface area contributed by atoms with Gasteiger partial charge in [0.05, 0.1) is 25.6 Å². The van der Waals surface area contributed by atoms with E-state index in [0.717, 1.165) is 6.54 Å². The minimum Gasteiger partial charge on any atom is -0.496 e. The van der Waals surface area contributed by atoms with Crippen LogP contribution in [0.2, 0.25) is 0 Å². The van der Waals surface area contributed by atoms with Gasteiger partial charge >= 0.3 is 0 Å². The van der Waals surface area contributed by atoms with Crippen LogP contribution in [0.15, 0.2) is 30.3 Å². The van der Waals surface area contributed by atoms with Crippen molar-refractivity contribution in [2.75, 3.05) is 31.8 Å². The zero-order valence-electron chi connectivity index (χ0n) is 15.5. The minimum atomic E-state index is -0.474. The zero-order valence-corrected chi connectivity index (χ0v) is 15.5. The van der Waals surface area contributed by atoms with Crippen molar-refractivity contribution in [3.05, 3.63) is 47.3 Å². The second-order valence-electron chi connectivity index (χ2n) is 6.58. The van der Waals surface area contributed by atoms with E-state index in [1.807, 2.05) is 0 Å². The number of rotatable bonds is 8. The smallest absolute Gasteiger partial charge is 0.257 e. The summed E-state index contributed by atoms with van der Waals surface area (Å²) in [7, 11) is 2.91. The van der Waals surface area contributed by atoms with Crippen molar-refractivity contribution in [3.8, 4) is 11.5 Å². The van der Waals surface area contributed by atoms with E-state index in [-0.39, 0.29) is 18.2 Å². The first-order valence-corrected chi connectivity index (χ1v) is 8.84. The molecular weight excluding hydrogens is 349 g/mol. The maximum atomic E-state index is 13.8. The molecule has 0 radical (unpaired) electrons. The van der Waals surface area contributed by atoms with Gasteiger partial charge < -0.3 is 25.8 Å². The number of carbonyl (C=O) groups is 1. The first kappa shape index (κ1) is 18.8. The van der Waals surface area contributed by atoms with Crippen molar-refractivity contribution in [3.63, 3.8) is 0 Å². The Morgan fingerprint density at radius 3 is 2.52 bits per heavy atom. The fourth-order valence-electron chi connectivity index (χ4n) is 2.84. The maximum Gasteiger partial charge on any atom is 0.257 e. The van der Waals surface area contributed by atoms with Gasteiger partial charge in [-0.15, -0.1) is 0 Å². The molecule has 6 nitrogen and oxygen atoms in total. The summed E-state index contributed by atoms with van der Waals surface area (Å²) in [6.07, 6.45) is 2.36. The van der Waals surface area contributed by atoms with Crippen LogP contribution in [0.3, 0.4) is 0 Å². The van der Waals surface area contributed by atoms with Crippen molar-refractivity contribution < 1.29 is 18.7 Å². The highest BCUT2D eigenvalue weighted by molar-refractivity contribution is 6.05. The normalized spacial score (nSPS) is 13.1. The largest absolute Gasteiger partial charge is 0.496 e. The van der Waals surface area contributed by atoms with E-state index < -0.39 is 5.82 Å². The number of hydrogen-bond acceptors (Lipinski definition) is 5. The van der Waals surface area contributed by atoms with Crippen LogP contribution in [-0.2, 0) is 6.54 Å². The molecule has 0 bridgehead atoms. The molecule has 0 saturated heterocycles. The molecule has 2 aromatic carbocycles. The maximum absolute atomic E-state index is 13.8. The van der Waals surface area contributed by atoms with Gasteiger partial charge in [-0.1, -0.05) is 6.07 Å². The summed E-state index contributed by atoms with van der Waals surface area (Å²) in [4.78, 5) is 12.8. The summed E-state index contributed by atoms with van der Waals surface area (Å²) in [5.74, 6) is 0.398. The van der Waals surface area contributed by atoms with Crippen molar-refractivity contribution in [2.45, 2.75) is 19.4 Å². The van der Waals surface area contributed by atoms with Crippen LogP contribution in [0.4, 0.5) is 15.8 Å². The van der Waals surface area contributed by atoms with E-state index in [1.165, 1.54) is 39.2 Å². The number of methoxy groups -OCH3 is 2. The summed E-state index contributed by atoms with van der Waals surface area (Å²) in [6.45, 7) is 0.932. The molecule has 0 spiro atoms. The molecule has 4 N–H and O–H groups in total. The van der Waals surface area contributed by atoms with Crippen LogP contribution in [0, 0.1) is 11.7 Å². The van der Waals surface area contributed by atoms with Crippen molar-refractivity contribution in [1.29, 1.82) is 0 Å². The van der Waals surface area contributed by atoms with Crippen molar-refractivity contribution >= 4 is 17.3 Å². The lowest BCUT2D eigenvalue weighted by molar-refractivity contribution is 0.0948. The summed E-state index contributed by atoms with van der Waals surface area (Å²) in [5.41, 5.74) is 8.12. The highest BCUT2D eigenvalue weighted by atomic mass is 19.1. The Labute approximate surface area is 157 Å². The number of ether oxygens (including phenoxy) is 2. The minimum absolute atomic E-state index is 0.161. The van der Waals surface area contributed by atoms with Crippen LogP contribution < -0.4 is 25.8 Å². The predicted octanol–water partition coefficient (Wildman–Crippen LogP) is 3.18. The first-order chi connectivity index (χ1) is 13.0. The number of benzene rings is 2. The molecule has 144 valence electrons. The lowest BCUT2D eigenvalue weighted by atomic mass is 10.1. The molecule has 1 aliphatic carbocycles. The van der Waals surface area contributed by atoms with Gasteiger partial charge in [0.25, 0.3) is 5.91 Å². The molecule has 0 heterocycles. The molecule has 1 aliphatic rings. The number of nitrogens with two attached hydrogens (primary N) is 1. The van der Waals surface area contributed by atoms with Gasteiger partial charge in [-0.2, -0.15) is 0 Å². The van der Waals surface area contributed by atoms with Gasteiger partial charge in [0, 0.05) is 13.1 Å². The van der Waals surface area contributed by atoms with Crippen LogP contribution in [0.25, 0.3) is 0 Å². The van der Waals surface area contributed by atoms with E-state index in [9.17, 15) is 9.18 Å². The van der Waals surface area contributed by atoms with Gasteiger partial charge in [-0.3, -0.25) is 4.79 Å². The van der Waals surface area contributed by atoms with E-state index in [1.54, 1.807) is 18.2 Å². The second-order valence-corrected chi connectivity index (χ2v) is 6.58. The van der Waals surface area contributed by atoms with Gasteiger partial charge in [-0.05, 0) is 48.6 Å². The van der Waals surface area contributed by atoms with Crippen LogP contribution in [0.5, 0.6) is 11.5 Å². The molecule has 7 heteroatoms. The molecule has 27 heavy (non-hydrogen) atoms. The number of halogens is 1. The highest BCUT2D eigenvalue weighted by Crippen LogP contribution is 2.35. The van der Waals surface area contributed by atoms with E-state index in [0.29, 0.717) is 34.2 Å². The Kier molecular flexibility index (Phi) is 5.69. The zero-order chi connectivity index (χ0) is 19.4. The summed E-state index contributed by atoms with van der Waals surface area (Å²) in [5, 5.41) is 6.08. The Morgan fingerprint density at radius 2 is 1.89 bits per heavy atom. The molecule has 3 rings (SSSR count). The molecule has 0 aliphatic heterocycles.